The Labute approximate surface area is 290 Å². The fourth-order valence-corrected chi connectivity index (χ4v) is 7.52. The van der Waals surface area contributed by atoms with Crippen LogP contribution in [0.3, 0.4) is 0 Å². The molecule has 1 fully saturated rings. The van der Waals surface area contributed by atoms with Crippen molar-refractivity contribution in [2.45, 2.75) is 62.6 Å². The lowest BCUT2D eigenvalue weighted by molar-refractivity contribution is -0.140. The molecule has 1 N–H and O–H groups in total. The topological polar surface area (TPSA) is 114 Å². The second-order valence-corrected chi connectivity index (χ2v) is 14.1. The maximum Gasteiger partial charge on any atom is 0.265 e. The molecule has 47 heavy (non-hydrogen) atoms. The number of carbonyl (C=O) groups excluding carboxylic acids is 2. The molecule has 3 aromatic carbocycles. The number of amides is 2. The highest BCUT2D eigenvalue weighted by Crippen LogP contribution is 2.37. The van der Waals surface area contributed by atoms with Gasteiger partial charge in [-0.05, 0) is 67.3 Å². The number of ether oxygens (including phenoxy) is 3. The predicted molar refractivity (Wildman–Crippen MR) is 184 cm³/mol. The van der Waals surface area contributed by atoms with E-state index in [4.69, 9.17) is 49.0 Å². The Bertz CT molecular complexity index is 1700. The molecule has 3 aromatic rings. The lowest BCUT2D eigenvalue weighted by Crippen LogP contribution is -2.53. The van der Waals surface area contributed by atoms with Crippen molar-refractivity contribution in [3.8, 4) is 17.2 Å². The van der Waals surface area contributed by atoms with Gasteiger partial charge in [-0.3, -0.25) is 13.9 Å². The SMILES string of the molecule is CC[C@@H](C(=O)NC1CCCC1)N(Cc1ccc(Cl)c(Cl)c1)C(=O)CN(c1cc(Cl)ccc1OC)S(=O)(=O)c1ccc(OC)c(OC)c1. The highest BCUT2D eigenvalue weighted by atomic mass is 35.5. The molecule has 0 aliphatic heterocycles. The van der Waals surface area contributed by atoms with Crippen LogP contribution in [0, 0.1) is 0 Å². The van der Waals surface area contributed by atoms with Crippen molar-refractivity contribution in [1.29, 1.82) is 0 Å². The van der Waals surface area contributed by atoms with Gasteiger partial charge < -0.3 is 24.4 Å². The normalized spacial score (nSPS) is 13.9. The standard InChI is InChI=1S/C33H38Cl3N3O7S/c1-5-27(33(41)37-23-8-6-7-9-23)38(19-21-10-13-25(35)26(36)16-21)32(40)20-39(28-17-22(34)11-14-29(28)44-2)47(42,43)24-12-15-30(45-3)31(18-24)46-4/h10-18,23,27H,5-9,19-20H2,1-4H3,(H,37,41)/t27-/m0/s1. The zero-order valence-corrected chi connectivity index (χ0v) is 29.7. The van der Waals surface area contributed by atoms with Crippen molar-refractivity contribution in [3.63, 3.8) is 0 Å². The van der Waals surface area contributed by atoms with Crippen LogP contribution in [-0.2, 0) is 26.2 Å². The van der Waals surface area contributed by atoms with E-state index >= 15 is 0 Å². The van der Waals surface area contributed by atoms with Crippen LogP contribution in [-0.4, -0.2) is 65.1 Å². The third kappa shape index (κ3) is 8.56. The fraction of sp³-hybridized carbons (Fsp3) is 0.394. The summed E-state index contributed by atoms with van der Waals surface area (Å²) in [6.45, 7) is 1.07. The summed E-state index contributed by atoms with van der Waals surface area (Å²) in [5.41, 5.74) is 0.635. The molecule has 0 heterocycles. The first-order valence-electron chi connectivity index (χ1n) is 15.1. The molecular weight excluding hydrogens is 689 g/mol. The van der Waals surface area contributed by atoms with Crippen LogP contribution in [0.15, 0.2) is 59.5 Å². The predicted octanol–water partition coefficient (Wildman–Crippen LogP) is 6.73. The average Bonchev–Trinajstić information content (AvgIpc) is 3.57. The largest absolute Gasteiger partial charge is 0.495 e. The van der Waals surface area contributed by atoms with E-state index in [9.17, 15) is 18.0 Å². The molecular formula is C33H38Cl3N3O7S. The van der Waals surface area contributed by atoms with Crippen LogP contribution in [0.5, 0.6) is 17.2 Å². The van der Waals surface area contributed by atoms with Gasteiger partial charge in [0.05, 0.1) is 42.0 Å². The smallest absolute Gasteiger partial charge is 0.265 e. The number of halogens is 3. The Hall–Kier alpha value is -3.38. The number of nitrogens with zero attached hydrogens (tertiary/aromatic N) is 2. The van der Waals surface area contributed by atoms with Crippen molar-refractivity contribution in [2.24, 2.45) is 0 Å². The number of anilines is 1. The van der Waals surface area contributed by atoms with Gasteiger partial charge in [0.25, 0.3) is 10.0 Å². The van der Waals surface area contributed by atoms with Crippen LogP contribution in [0.4, 0.5) is 5.69 Å². The summed E-state index contributed by atoms with van der Waals surface area (Å²) < 4.78 is 45.9. The minimum atomic E-state index is -4.47. The molecule has 254 valence electrons. The molecule has 2 amide bonds. The molecule has 0 spiro atoms. The second-order valence-electron chi connectivity index (χ2n) is 11.0. The van der Waals surface area contributed by atoms with E-state index in [1.807, 2.05) is 0 Å². The summed E-state index contributed by atoms with van der Waals surface area (Å²) in [7, 11) is -0.271. The number of carbonyl (C=O) groups is 2. The van der Waals surface area contributed by atoms with E-state index in [0.29, 0.717) is 16.3 Å². The van der Waals surface area contributed by atoms with Gasteiger partial charge in [-0.2, -0.15) is 0 Å². The first-order chi connectivity index (χ1) is 22.4. The molecule has 0 bridgehead atoms. The highest BCUT2D eigenvalue weighted by Gasteiger charge is 2.36. The quantitative estimate of drug-likeness (QED) is 0.196. The summed E-state index contributed by atoms with van der Waals surface area (Å²) in [5.74, 6) is -0.304. The molecule has 0 unspecified atom stereocenters. The fourth-order valence-electron chi connectivity index (χ4n) is 5.60. The van der Waals surface area contributed by atoms with E-state index in [0.717, 1.165) is 30.0 Å². The maximum absolute atomic E-state index is 14.5. The summed E-state index contributed by atoms with van der Waals surface area (Å²) in [6, 6.07) is 12.6. The highest BCUT2D eigenvalue weighted by molar-refractivity contribution is 7.92. The van der Waals surface area contributed by atoms with Crippen LogP contribution >= 0.6 is 34.8 Å². The maximum atomic E-state index is 14.5. The van der Waals surface area contributed by atoms with Crippen molar-refractivity contribution >= 4 is 62.3 Å². The molecule has 1 aliphatic carbocycles. The van der Waals surface area contributed by atoms with Crippen LogP contribution in [0.2, 0.25) is 15.1 Å². The Morgan fingerprint density at radius 1 is 0.872 bits per heavy atom. The number of hydrogen-bond donors (Lipinski definition) is 1. The second kappa shape index (κ2) is 16.1. The minimum Gasteiger partial charge on any atom is -0.495 e. The molecule has 1 aliphatic rings. The monoisotopic (exact) mass is 725 g/mol. The number of methoxy groups -OCH3 is 3. The van der Waals surface area contributed by atoms with Gasteiger partial charge in [-0.25, -0.2) is 8.42 Å². The molecule has 0 saturated heterocycles. The van der Waals surface area contributed by atoms with Crippen molar-refractivity contribution in [2.75, 3.05) is 32.2 Å². The number of nitrogens with one attached hydrogen (secondary N) is 1. The van der Waals surface area contributed by atoms with Gasteiger partial charge in [0, 0.05) is 23.7 Å². The summed E-state index contributed by atoms with van der Waals surface area (Å²) in [6.07, 6.45) is 4.01. The van der Waals surface area contributed by atoms with Crippen molar-refractivity contribution < 1.29 is 32.2 Å². The van der Waals surface area contributed by atoms with Crippen LogP contribution in [0.1, 0.15) is 44.6 Å². The number of hydrogen-bond acceptors (Lipinski definition) is 7. The first-order valence-corrected chi connectivity index (χ1v) is 17.6. The van der Waals surface area contributed by atoms with Gasteiger partial charge in [0.15, 0.2) is 11.5 Å². The Kier molecular flexibility index (Phi) is 12.5. The lowest BCUT2D eigenvalue weighted by Gasteiger charge is -2.34. The minimum absolute atomic E-state index is 0.0103. The third-order valence-electron chi connectivity index (χ3n) is 8.06. The molecule has 0 radical (unpaired) electrons. The zero-order chi connectivity index (χ0) is 34.3. The Morgan fingerprint density at radius 3 is 2.15 bits per heavy atom. The van der Waals surface area contributed by atoms with Crippen molar-refractivity contribution in [1.82, 2.24) is 10.2 Å². The number of benzene rings is 3. The molecule has 10 nitrogen and oxygen atoms in total. The van der Waals surface area contributed by atoms with E-state index in [1.54, 1.807) is 31.2 Å². The number of sulfonamides is 1. The summed E-state index contributed by atoms with van der Waals surface area (Å²) >= 11 is 18.8. The Balaban J connectivity index is 1.81. The van der Waals surface area contributed by atoms with Gasteiger partial charge in [0.1, 0.15) is 18.3 Å². The summed E-state index contributed by atoms with van der Waals surface area (Å²) in [4.78, 5) is 29.4. The third-order valence-corrected chi connectivity index (χ3v) is 10.8. The lowest BCUT2D eigenvalue weighted by atomic mass is 10.1. The molecule has 1 atom stereocenters. The molecule has 4 rings (SSSR count). The number of rotatable bonds is 14. The average molecular weight is 727 g/mol. The van der Waals surface area contributed by atoms with Crippen LogP contribution in [0.25, 0.3) is 0 Å². The van der Waals surface area contributed by atoms with Gasteiger partial charge in [0.2, 0.25) is 11.8 Å². The zero-order valence-electron chi connectivity index (χ0n) is 26.6. The van der Waals surface area contributed by atoms with E-state index < -0.39 is 28.5 Å². The Morgan fingerprint density at radius 2 is 1.53 bits per heavy atom. The van der Waals surface area contributed by atoms with E-state index in [2.05, 4.69) is 5.32 Å². The summed E-state index contributed by atoms with van der Waals surface area (Å²) in [5, 5.41) is 3.92. The van der Waals surface area contributed by atoms with Crippen LogP contribution < -0.4 is 23.8 Å². The molecule has 0 aromatic heterocycles. The van der Waals surface area contributed by atoms with E-state index in [-0.39, 0.29) is 57.0 Å². The van der Waals surface area contributed by atoms with Crippen molar-refractivity contribution in [3.05, 3.63) is 75.2 Å². The molecule has 1 saturated carbocycles. The van der Waals surface area contributed by atoms with Gasteiger partial charge >= 0.3 is 0 Å². The van der Waals surface area contributed by atoms with Gasteiger partial charge in [-0.15, -0.1) is 0 Å². The molecule has 14 heteroatoms. The van der Waals surface area contributed by atoms with Gasteiger partial charge in [-0.1, -0.05) is 60.6 Å². The first kappa shape index (κ1) is 36.5. The van der Waals surface area contributed by atoms with E-state index in [1.165, 1.54) is 56.6 Å².